The number of nitrogens with two attached hydrogens (primary N) is 1. The summed E-state index contributed by atoms with van der Waals surface area (Å²) in [5.41, 5.74) is 7.92. The van der Waals surface area contributed by atoms with E-state index in [9.17, 15) is 0 Å². The Hall–Kier alpha value is -0.770. The van der Waals surface area contributed by atoms with E-state index in [0.717, 1.165) is 35.8 Å². The molecule has 17 heavy (non-hydrogen) atoms. The van der Waals surface area contributed by atoms with Crippen molar-refractivity contribution in [2.45, 2.75) is 19.4 Å². The highest BCUT2D eigenvalue weighted by Crippen LogP contribution is 2.26. The van der Waals surface area contributed by atoms with Gasteiger partial charge in [0.25, 0.3) is 0 Å². The topological polar surface area (TPSA) is 38.5 Å². The van der Waals surface area contributed by atoms with Crippen LogP contribution in [-0.4, -0.2) is 27.3 Å². The van der Waals surface area contributed by atoms with Gasteiger partial charge < -0.3 is 15.4 Å². The predicted octanol–water partition coefficient (Wildman–Crippen LogP) is 2.83. The molecule has 1 unspecified atom stereocenters. The maximum absolute atomic E-state index is 6.20. The number of ether oxygens (including phenoxy) is 1. The zero-order valence-electron chi connectivity index (χ0n) is 10.7. The SMILES string of the molecule is COCCCN(C)c1ccc(C(C)N)c(Cl)c1. The van der Waals surface area contributed by atoms with Crippen LogP contribution in [0, 0.1) is 0 Å². The second kappa shape index (κ2) is 6.84. The number of halogens is 1. The Balaban J connectivity index is 2.69. The lowest BCUT2D eigenvalue weighted by molar-refractivity contribution is 0.196. The quantitative estimate of drug-likeness (QED) is 0.796. The fraction of sp³-hybridized carbons (Fsp3) is 0.538. The average Bonchev–Trinajstić information content (AvgIpc) is 2.28. The van der Waals surface area contributed by atoms with Crippen LogP contribution in [0.4, 0.5) is 5.69 Å². The van der Waals surface area contributed by atoms with Gasteiger partial charge in [0, 0.05) is 44.1 Å². The molecule has 0 fully saturated rings. The maximum Gasteiger partial charge on any atom is 0.0479 e. The van der Waals surface area contributed by atoms with E-state index in [1.807, 2.05) is 26.1 Å². The van der Waals surface area contributed by atoms with E-state index >= 15 is 0 Å². The lowest BCUT2D eigenvalue weighted by Gasteiger charge is -2.20. The van der Waals surface area contributed by atoms with Crippen LogP contribution in [0.5, 0.6) is 0 Å². The zero-order chi connectivity index (χ0) is 12.8. The maximum atomic E-state index is 6.20. The van der Waals surface area contributed by atoms with Crippen LogP contribution in [-0.2, 0) is 4.74 Å². The van der Waals surface area contributed by atoms with Gasteiger partial charge in [0.1, 0.15) is 0 Å². The van der Waals surface area contributed by atoms with Gasteiger partial charge in [-0.3, -0.25) is 0 Å². The second-order valence-electron chi connectivity index (χ2n) is 4.26. The molecule has 0 spiro atoms. The van der Waals surface area contributed by atoms with E-state index in [1.54, 1.807) is 7.11 Å². The van der Waals surface area contributed by atoms with Gasteiger partial charge in [-0.2, -0.15) is 0 Å². The Morgan fingerprint density at radius 1 is 1.47 bits per heavy atom. The minimum atomic E-state index is -0.0321. The monoisotopic (exact) mass is 256 g/mol. The minimum Gasteiger partial charge on any atom is -0.385 e. The van der Waals surface area contributed by atoms with E-state index < -0.39 is 0 Å². The summed E-state index contributed by atoms with van der Waals surface area (Å²) >= 11 is 6.20. The largest absolute Gasteiger partial charge is 0.385 e. The molecule has 1 aromatic rings. The lowest BCUT2D eigenvalue weighted by atomic mass is 10.1. The second-order valence-corrected chi connectivity index (χ2v) is 4.67. The molecule has 0 saturated carbocycles. The first-order valence-electron chi connectivity index (χ1n) is 5.81. The van der Waals surface area contributed by atoms with E-state index in [1.165, 1.54) is 0 Å². The van der Waals surface area contributed by atoms with Crippen molar-refractivity contribution in [2.24, 2.45) is 5.73 Å². The summed E-state index contributed by atoms with van der Waals surface area (Å²) in [7, 11) is 3.77. The van der Waals surface area contributed by atoms with Crippen LogP contribution in [0.3, 0.4) is 0 Å². The molecule has 4 heteroatoms. The summed E-state index contributed by atoms with van der Waals surface area (Å²) in [6.45, 7) is 3.65. The Labute approximate surface area is 109 Å². The highest BCUT2D eigenvalue weighted by atomic mass is 35.5. The number of nitrogens with zero attached hydrogens (tertiary/aromatic N) is 1. The summed E-state index contributed by atoms with van der Waals surface area (Å²) in [6, 6.07) is 5.98. The lowest BCUT2D eigenvalue weighted by Crippen LogP contribution is -2.19. The average molecular weight is 257 g/mol. The van der Waals surface area contributed by atoms with Crippen LogP contribution in [0.25, 0.3) is 0 Å². The fourth-order valence-corrected chi connectivity index (χ4v) is 2.04. The number of hydrogen-bond acceptors (Lipinski definition) is 3. The van der Waals surface area contributed by atoms with Crippen molar-refractivity contribution >= 4 is 17.3 Å². The predicted molar refractivity (Wildman–Crippen MR) is 73.8 cm³/mol. The summed E-state index contributed by atoms with van der Waals surface area (Å²) in [6.07, 6.45) is 1.000. The molecule has 0 amide bonds. The third-order valence-corrected chi connectivity index (χ3v) is 3.08. The standard InChI is InChI=1S/C13H21ClN2O/c1-10(15)12-6-5-11(9-13(12)14)16(2)7-4-8-17-3/h5-6,9-10H,4,7-8,15H2,1-3H3. The first kappa shape index (κ1) is 14.3. The van der Waals surface area contributed by atoms with Crippen LogP contribution in [0.2, 0.25) is 5.02 Å². The van der Waals surface area contributed by atoms with Crippen LogP contribution in [0.1, 0.15) is 24.9 Å². The number of benzene rings is 1. The summed E-state index contributed by atoms with van der Waals surface area (Å²) in [5.74, 6) is 0. The first-order chi connectivity index (χ1) is 8.06. The van der Waals surface area contributed by atoms with Gasteiger partial charge in [-0.05, 0) is 31.0 Å². The summed E-state index contributed by atoms with van der Waals surface area (Å²) in [4.78, 5) is 2.16. The summed E-state index contributed by atoms with van der Waals surface area (Å²) < 4.78 is 5.03. The highest BCUT2D eigenvalue weighted by molar-refractivity contribution is 6.31. The van der Waals surface area contributed by atoms with Crippen molar-refractivity contribution in [2.75, 3.05) is 32.2 Å². The van der Waals surface area contributed by atoms with Gasteiger partial charge in [0.2, 0.25) is 0 Å². The molecule has 0 saturated heterocycles. The number of anilines is 1. The summed E-state index contributed by atoms with van der Waals surface area (Å²) in [5, 5.41) is 0.732. The van der Waals surface area contributed by atoms with Crippen molar-refractivity contribution in [1.29, 1.82) is 0 Å². The molecule has 0 aromatic heterocycles. The minimum absolute atomic E-state index is 0.0321. The van der Waals surface area contributed by atoms with Crippen molar-refractivity contribution in [3.63, 3.8) is 0 Å². The Bertz CT molecular complexity index is 355. The van der Waals surface area contributed by atoms with Crippen molar-refractivity contribution < 1.29 is 4.74 Å². The Morgan fingerprint density at radius 3 is 2.71 bits per heavy atom. The molecule has 0 aliphatic heterocycles. The molecule has 0 aliphatic carbocycles. The molecule has 1 rings (SSSR count). The van der Waals surface area contributed by atoms with Crippen LogP contribution >= 0.6 is 11.6 Å². The molecular weight excluding hydrogens is 236 g/mol. The fourth-order valence-electron chi connectivity index (χ4n) is 1.70. The van der Waals surface area contributed by atoms with Crippen LogP contribution in [0.15, 0.2) is 18.2 Å². The van der Waals surface area contributed by atoms with E-state index in [-0.39, 0.29) is 6.04 Å². The first-order valence-corrected chi connectivity index (χ1v) is 6.19. The van der Waals surface area contributed by atoms with Crippen molar-refractivity contribution in [3.8, 4) is 0 Å². The van der Waals surface area contributed by atoms with E-state index in [0.29, 0.717) is 0 Å². The van der Waals surface area contributed by atoms with E-state index in [2.05, 4.69) is 11.0 Å². The van der Waals surface area contributed by atoms with Crippen molar-refractivity contribution in [1.82, 2.24) is 0 Å². The molecule has 0 aliphatic rings. The molecule has 1 atom stereocenters. The molecule has 1 aromatic carbocycles. The molecule has 96 valence electrons. The molecular formula is C13H21ClN2O. The normalized spacial score (nSPS) is 12.5. The molecule has 3 nitrogen and oxygen atoms in total. The Morgan fingerprint density at radius 2 is 2.18 bits per heavy atom. The van der Waals surface area contributed by atoms with Gasteiger partial charge >= 0.3 is 0 Å². The van der Waals surface area contributed by atoms with E-state index in [4.69, 9.17) is 22.1 Å². The molecule has 0 bridgehead atoms. The molecule has 2 N–H and O–H groups in total. The number of hydrogen-bond donors (Lipinski definition) is 1. The molecule has 0 heterocycles. The van der Waals surface area contributed by atoms with Crippen molar-refractivity contribution in [3.05, 3.63) is 28.8 Å². The highest BCUT2D eigenvalue weighted by Gasteiger charge is 2.08. The van der Waals surface area contributed by atoms with Gasteiger partial charge in [-0.25, -0.2) is 0 Å². The number of methoxy groups -OCH3 is 1. The van der Waals surface area contributed by atoms with Gasteiger partial charge in [0.05, 0.1) is 0 Å². The Kier molecular flexibility index (Phi) is 5.75. The smallest absolute Gasteiger partial charge is 0.0479 e. The van der Waals surface area contributed by atoms with Gasteiger partial charge in [-0.15, -0.1) is 0 Å². The third kappa shape index (κ3) is 4.19. The number of rotatable bonds is 6. The third-order valence-electron chi connectivity index (χ3n) is 2.76. The van der Waals surface area contributed by atoms with Crippen LogP contribution < -0.4 is 10.6 Å². The zero-order valence-corrected chi connectivity index (χ0v) is 11.5. The van der Waals surface area contributed by atoms with Gasteiger partial charge in [0.15, 0.2) is 0 Å². The molecule has 0 radical (unpaired) electrons. The van der Waals surface area contributed by atoms with Gasteiger partial charge in [-0.1, -0.05) is 17.7 Å².